The molecule has 1 atom stereocenters. The van der Waals surface area contributed by atoms with Gasteiger partial charge in [0.25, 0.3) is 0 Å². The SMILES string of the molecule is CCN(CCO)C(=O)NC1CCCN(Cc2ccccc2)C1. The number of aliphatic hydroxyl groups excluding tert-OH is 1. The second-order valence-electron chi connectivity index (χ2n) is 5.81. The van der Waals surface area contributed by atoms with Crippen LogP contribution in [0.1, 0.15) is 25.3 Å². The van der Waals surface area contributed by atoms with Crippen LogP contribution in [0.4, 0.5) is 4.79 Å². The molecule has 1 saturated heterocycles. The first-order valence-corrected chi connectivity index (χ1v) is 8.15. The van der Waals surface area contributed by atoms with Crippen molar-refractivity contribution in [3.05, 3.63) is 35.9 Å². The van der Waals surface area contributed by atoms with Crippen molar-refractivity contribution in [2.45, 2.75) is 32.4 Å². The first-order valence-electron chi connectivity index (χ1n) is 8.15. The summed E-state index contributed by atoms with van der Waals surface area (Å²) < 4.78 is 0. The number of nitrogens with zero attached hydrogens (tertiary/aromatic N) is 2. The summed E-state index contributed by atoms with van der Waals surface area (Å²) in [6.07, 6.45) is 2.12. The molecule has 5 nitrogen and oxygen atoms in total. The number of benzene rings is 1. The summed E-state index contributed by atoms with van der Waals surface area (Å²) in [5, 5.41) is 12.1. The topological polar surface area (TPSA) is 55.8 Å². The van der Waals surface area contributed by atoms with E-state index in [0.717, 1.165) is 32.5 Å². The summed E-state index contributed by atoms with van der Waals surface area (Å²) in [6.45, 7) is 5.84. The third-order valence-corrected chi connectivity index (χ3v) is 4.12. The lowest BCUT2D eigenvalue weighted by molar-refractivity contribution is 0.156. The molecule has 2 rings (SSSR count). The predicted octanol–water partition coefficient (Wildman–Crippen LogP) is 1.67. The Morgan fingerprint density at radius 1 is 1.41 bits per heavy atom. The van der Waals surface area contributed by atoms with E-state index in [1.54, 1.807) is 4.90 Å². The molecule has 122 valence electrons. The number of likely N-dealkylation sites (tertiary alicyclic amines) is 1. The molecule has 1 heterocycles. The number of urea groups is 1. The Kier molecular flexibility index (Phi) is 6.68. The number of piperidine rings is 1. The summed E-state index contributed by atoms with van der Waals surface area (Å²) in [5.74, 6) is 0. The predicted molar refractivity (Wildman–Crippen MR) is 87.6 cm³/mol. The molecule has 0 aliphatic carbocycles. The number of rotatable bonds is 6. The lowest BCUT2D eigenvalue weighted by atomic mass is 10.0. The minimum absolute atomic E-state index is 0.00601. The maximum atomic E-state index is 12.2. The average molecular weight is 305 g/mol. The van der Waals surface area contributed by atoms with Crippen molar-refractivity contribution >= 4 is 6.03 Å². The van der Waals surface area contributed by atoms with Crippen LogP contribution in [0.15, 0.2) is 30.3 Å². The zero-order chi connectivity index (χ0) is 15.8. The third kappa shape index (κ3) is 5.00. The molecule has 1 aromatic carbocycles. The largest absolute Gasteiger partial charge is 0.395 e. The molecule has 2 amide bonds. The highest BCUT2D eigenvalue weighted by Crippen LogP contribution is 2.14. The summed E-state index contributed by atoms with van der Waals surface area (Å²) in [5.41, 5.74) is 1.31. The van der Waals surface area contributed by atoms with Gasteiger partial charge >= 0.3 is 6.03 Å². The fourth-order valence-corrected chi connectivity index (χ4v) is 2.95. The van der Waals surface area contributed by atoms with E-state index in [0.29, 0.717) is 13.1 Å². The number of carbonyl (C=O) groups excluding carboxylic acids is 1. The van der Waals surface area contributed by atoms with Crippen molar-refractivity contribution in [1.82, 2.24) is 15.1 Å². The Morgan fingerprint density at radius 2 is 2.18 bits per heavy atom. The Bertz CT molecular complexity index is 452. The molecule has 0 aromatic heterocycles. The van der Waals surface area contributed by atoms with Gasteiger partial charge in [-0.15, -0.1) is 0 Å². The van der Waals surface area contributed by atoms with Crippen LogP contribution >= 0.6 is 0 Å². The van der Waals surface area contributed by atoms with Crippen LogP contribution < -0.4 is 5.32 Å². The van der Waals surface area contributed by atoms with E-state index < -0.39 is 0 Å². The second-order valence-corrected chi connectivity index (χ2v) is 5.81. The van der Waals surface area contributed by atoms with Gasteiger partial charge in [-0.1, -0.05) is 30.3 Å². The van der Waals surface area contributed by atoms with E-state index in [9.17, 15) is 4.79 Å². The quantitative estimate of drug-likeness (QED) is 0.841. The fourth-order valence-electron chi connectivity index (χ4n) is 2.95. The molecule has 0 radical (unpaired) electrons. The zero-order valence-corrected chi connectivity index (χ0v) is 13.4. The van der Waals surface area contributed by atoms with Crippen LogP contribution in [0.2, 0.25) is 0 Å². The Morgan fingerprint density at radius 3 is 2.86 bits per heavy atom. The number of amides is 2. The molecule has 1 fully saturated rings. The summed E-state index contributed by atoms with van der Waals surface area (Å²) in [4.78, 5) is 16.2. The van der Waals surface area contributed by atoms with Gasteiger partial charge in [-0.2, -0.15) is 0 Å². The van der Waals surface area contributed by atoms with E-state index in [1.807, 2.05) is 13.0 Å². The second kappa shape index (κ2) is 8.76. The number of hydrogen-bond donors (Lipinski definition) is 2. The summed E-state index contributed by atoms with van der Waals surface area (Å²) in [6, 6.07) is 10.6. The van der Waals surface area contributed by atoms with Crippen molar-refractivity contribution in [3.63, 3.8) is 0 Å². The Balaban J connectivity index is 1.84. The van der Waals surface area contributed by atoms with E-state index in [2.05, 4.69) is 34.5 Å². The first kappa shape index (κ1) is 16.8. The minimum atomic E-state index is -0.0666. The molecule has 22 heavy (non-hydrogen) atoms. The van der Waals surface area contributed by atoms with Crippen LogP contribution in [0.5, 0.6) is 0 Å². The number of carbonyl (C=O) groups is 1. The van der Waals surface area contributed by atoms with Crippen molar-refractivity contribution in [2.75, 3.05) is 32.8 Å². The lowest BCUT2D eigenvalue weighted by Crippen LogP contribution is -2.51. The molecule has 1 unspecified atom stereocenters. The van der Waals surface area contributed by atoms with Gasteiger partial charge in [0, 0.05) is 32.2 Å². The maximum absolute atomic E-state index is 12.2. The molecule has 1 aliphatic heterocycles. The van der Waals surface area contributed by atoms with Gasteiger partial charge in [0.2, 0.25) is 0 Å². The highest BCUT2D eigenvalue weighted by Gasteiger charge is 2.23. The molecule has 1 aliphatic rings. The van der Waals surface area contributed by atoms with Crippen LogP contribution in [0, 0.1) is 0 Å². The van der Waals surface area contributed by atoms with E-state index >= 15 is 0 Å². The maximum Gasteiger partial charge on any atom is 0.317 e. The molecule has 0 saturated carbocycles. The lowest BCUT2D eigenvalue weighted by Gasteiger charge is -2.34. The van der Waals surface area contributed by atoms with E-state index in [-0.39, 0.29) is 18.7 Å². The van der Waals surface area contributed by atoms with Gasteiger partial charge in [0.15, 0.2) is 0 Å². The van der Waals surface area contributed by atoms with Gasteiger partial charge in [-0.3, -0.25) is 4.90 Å². The Labute approximate surface area is 132 Å². The highest BCUT2D eigenvalue weighted by molar-refractivity contribution is 5.74. The Hall–Kier alpha value is -1.59. The van der Waals surface area contributed by atoms with Gasteiger partial charge in [0.05, 0.1) is 6.61 Å². The number of aliphatic hydroxyl groups is 1. The number of likely N-dealkylation sites (N-methyl/N-ethyl adjacent to an activating group) is 1. The van der Waals surface area contributed by atoms with Crippen LogP contribution in [0.25, 0.3) is 0 Å². The molecule has 5 heteroatoms. The van der Waals surface area contributed by atoms with E-state index in [1.165, 1.54) is 5.56 Å². The smallest absolute Gasteiger partial charge is 0.317 e. The van der Waals surface area contributed by atoms with Crippen molar-refractivity contribution in [3.8, 4) is 0 Å². The van der Waals surface area contributed by atoms with Gasteiger partial charge in [0.1, 0.15) is 0 Å². The molecular weight excluding hydrogens is 278 g/mol. The average Bonchev–Trinajstić information content (AvgIpc) is 2.53. The molecule has 0 bridgehead atoms. The fraction of sp³-hybridized carbons (Fsp3) is 0.588. The normalized spacial score (nSPS) is 18.9. The standard InChI is InChI=1S/C17H27N3O2/c1-2-20(11-12-21)17(22)18-16-9-6-10-19(14-16)13-15-7-4-3-5-8-15/h3-5,7-8,16,21H,2,6,9-14H2,1H3,(H,18,22). The molecular formula is C17H27N3O2. The van der Waals surface area contributed by atoms with Crippen LogP contribution in [-0.2, 0) is 6.54 Å². The minimum Gasteiger partial charge on any atom is -0.395 e. The summed E-state index contributed by atoms with van der Waals surface area (Å²) in [7, 11) is 0. The third-order valence-electron chi connectivity index (χ3n) is 4.12. The van der Waals surface area contributed by atoms with Gasteiger partial charge < -0.3 is 15.3 Å². The van der Waals surface area contributed by atoms with Crippen LogP contribution in [0.3, 0.4) is 0 Å². The first-order chi connectivity index (χ1) is 10.7. The molecule has 1 aromatic rings. The van der Waals surface area contributed by atoms with Crippen LogP contribution in [-0.4, -0.2) is 59.8 Å². The van der Waals surface area contributed by atoms with Crippen molar-refractivity contribution in [1.29, 1.82) is 0 Å². The zero-order valence-electron chi connectivity index (χ0n) is 13.4. The number of nitrogens with one attached hydrogen (secondary N) is 1. The van der Waals surface area contributed by atoms with Crippen molar-refractivity contribution in [2.24, 2.45) is 0 Å². The van der Waals surface area contributed by atoms with Gasteiger partial charge in [-0.25, -0.2) is 4.79 Å². The molecule has 0 spiro atoms. The van der Waals surface area contributed by atoms with E-state index in [4.69, 9.17) is 5.11 Å². The monoisotopic (exact) mass is 305 g/mol. The van der Waals surface area contributed by atoms with Crippen molar-refractivity contribution < 1.29 is 9.90 Å². The highest BCUT2D eigenvalue weighted by atomic mass is 16.3. The van der Waals surface area contributed by atoms with Gasteiger partial charge in [-0.05, 0) is 31.9 Å². The molecule has 2 N–H and O–H groups in total. The summed E-state index contributed by atoms with van der Waals surface area (Å²) >= 11 is 0. The number of hydrogen-bond acceptors (Lipinski definition) is 3.